The first kappa shape index (κ1) is 31.3. The summed E-state index contributed by atoms with van der Waals surface area (Å²) in [6, 6.07) is 3.49. The minimum absolute atomic E-state index is 0.120. The molecule has 35 heavy (non-hydrogen) atoms. The lowest BCUT2D eigenvalue weighted by Crippen LogP contribution is -2.27. The van der Waals surface area contributed by atoms with Gasteiger partial charge in [0.1, 0.15) is 17.6 Å². The van der Waals surface area contributed by atoms with Gasteiger partial charge in [-0.15, -0.1) is 0 Å². The highest BCUT2D eigenvalue weighted by atomic mass is 16.5. The zero-order valence-corrected chi connectivity index (χ0v) is 22.8. The van der Waals surface area contributed by atoms with Gasteiger partial charge in [0, 0.05) is 12.7 Å². The van der Waals surface area contributed by atoms with Crippen molar-refractivity contribution in [2.75, 3.05) is 26.9 Å². The quantitative estimate of drug-likeness (QED) is 0.123. The van der Waals surface area contributed by atoms with Crippen molar-refractivity contribution in [3.8, 4) is 11.5 Å². The molecule has 0 saturated carbocycles. The van der Waals surface area contributed by atoms with E-state index in [0.29, 0.717) is 30.4 Å². The summed E-state index contributed by atoms with van der Waals surface area (Å²) < 4.78 is 16.9. The Hall–Kier alpha value is -1.77. The number of rotatable bonds is 23. The topological polar surface area (TPSA) is 52.3 Å². The first-order valence-electron chi connectivity index (χ1n) is 14.1. The number of nitrogens with zero attached hydrogens (tertiary/aromatic N) is 1. The third-order valence-electron chi connectivity index (χ3n) is 6.52. The molecule has 0 aliphatic rings. The van der Waals surface area contributed by atoms with Gasteiger partial charge in [-0.1, -0.05) is 103 Å². The molecule has 1 rings (SSSR count). The normalized spacial score (nSPS) is 11.9. The fourth-order valence-corrected chi connectivity index (χ4v) is 4.37. The Morgan fingerprint density at radius 3 is 1.80 bits per heavy atom. The van der Waals surface area contributed by atoms with Crippen LogP contribution in [0.25, 0.3) is 4.85 Å². The van der Waals surface area contributed by atoms with E-state index >= 15 is 0 Å². The number of aryl methyl sites for hydroxylation is 1. The molecule has 0 heterocycles. The summed E-state index contributed by atoms with van der Waals surface area (Å²) in [7, 11) is 1.54. The number of methoxy groups -OCH3 is 1. The number of aliphatic hydroxyl groups excluding tert-OH is 1. The molecule has 200 valence electrons. The van der Waals surface area contributed by atoms with Crippen molar-refractivity contribution in [1.29, 1.82) is 0 Å². The van der Waals surface area contributed by atoms with E-state index in [1.165, 1.54) is 103 Å². The number of unbranched alkanes of at least 4 members (excludes halogenated alkanes) is 15. The van der Waals surface area contributed by atoms with Crippen LogP contribution in [0.15, 0.2) is 12.1 Å². The smallest absolute Gasteiger partial charge is 0.231 e. The summed E-state index contributed by atoms with van der Waals surface area (Å²) in [6.07, 6.45) is 21.3. The van der Waals surface area contributed by atoms with E-state index in [4.69, 9.17) is 20.8 Å². The van der Waals surface area contributed by atoms with Crippen LogP contribution in [-0.2, 0) is 4.74 Å². The Kier molecular flexibility index (Phi) is 19.2. The van der Waals surface area contributed by atoms with Gasteiger partial charge in [-0.25, -0.2) is 4.85 Å². The van der Waals surface area contributed by atoms with E-state index in [1.54, 1.807) is 12.1 Å². The van der Waals surface area contributed by atoms with Crippen LogP contribution in [0.1, 0.15) is 115 Å². The second-order valence-corrected chi connectivity index (χ2v) is 9.70. The largest absolute Gasteiger partial charge is 0.508 e. The maximum Gasteiger partial charge on any atom is 0.231 e. The Morgan fingerprint density at radius 2 is 1.34 bits per heavy atom. The monoisotopic (exact) mass is 489 g/mol. The van der Waals surface area contributed by atoms with Gasteiger partial charge in [-0.2, -0.15) is 0 Å². The van der Waals surface area contributed by atoms with E-state index < -0.39 is 6.10 Å². The minimum Gasteiger partial charge on any atom is -0.508 e. The highest BCUT2D eigenvalue weighted by Crippen LogP contribution is 2.35. The van der Waals surface area contributed by atoms with Gasteiger partial charge in [0.2, 0.25) is 5.69 Å². The van der Waals surface area contributed by atoms with Crippen molar-refractivity contribution in [3.63, 3.8) is 0 Å². The summed E-state index contributed by atoms with van der Waals surface area (Å²) >= 11 is 0. The summed E-state index contributed by atoms with van der Waals surface area (Å²) in [5.74, 6) is 1.07. The lowest BCUT2D eigenvalue weighted by atomic mass is 10.0. The predicted molar refractivity (Wildman–Crippen MR) is 146 cm³/mol. The second-order valence-electron chi connectivity index (χ2n) is 9.70. The van der Waals surface area contributed by atoms with Crippen molar-refractivity contribution in [1.82, 2.24) is 0 Å². The van der Waals surface area contributed by atoms with Crippen molar-refractivity contribution < 1.29 is 19.3 Å². The van der Waals surface area contributed by atoms with Gasteiger partial charge in [0.05, 0.1) is 26.9 Å². The predicted octanol–water partition coefficient (Wildman–Crippen LogP) is 8.57. The molecule has 0 bridgehead atoms. The van der Waals surface area contributed by atoms with Gasteiger partial charge < -0.3 is 19.3 Å². The van der Waals surface area contributed by atoms with E-state index in [9.17, 15) is 5.11 Å². The first-order valence-corrected chi connectivity index (χ1v) is 14.1. The van der Waals surface area contributed by atoms with Crippen molar-refractivity contribution in [2.24, 2.45) is 0 Å². The molecule has 0 aromatic heterocycles. The van der Waals surface area contributed by atoms with E-state index in [0.717, 1.165) is 12.0 Å². The van der Waals surface area contributed by atoms with Crippen LogP contribution in [-0.4, -0.2) is 38.1 Å². The SMILES string of the molecule is [C-]#[N+]c1c(C)cc(O[C@@H](CO)COCCCCCCCCCCCCCCCCCC)cc1OC. The van der Waals surface area contributed by atoms with Crippen LogP contribution in [0.5, 0.6) is 11.5 Å². The van der Waals surface area contributed by atoms with Gasteiger partial charge in [-0.3, -0.25) is 0 Å². The number of ether oxygens (including phenoxy) is 3. The third-order valence-corrected chi connectivity index (χ3v) is 6.52. The van der Waals surface area contributed by atoms with Gasteiger partial charge in [0.15, 0.2) is 0 Å². The van der Waals surface area contributed by atoms with Gasteiger partial charge >= 0.3 is 0 Å². The number of benzene rings is 1. The molecule has 1 atom stereocenters. The Labute approximate surface area is 215 Å². The molecule has 5 heteroatoms. The molecule has 0 aliphatic heterocycles. The van der Waals surface area contributed by atoms with Crippen molar-refractivity contribution in [3.05, 3.63) is 29.1 Å². The van der Waals surface area contributed by atoms with Crippen molar-refractivity contribution in [2.45, 2.75) is 123 Å². The third kappa shape index (κ3) is 15.1. The minimum atomic E-state index is -0.432. The average Bonchev–Trinajstić information content (AvgIpc) is 2.86. The molecule has 0 spiro atoms. The molecular formula is C30H51NO4. The fourth-order valence-electron chi connectivity index (χ4n) is 4.37. The molecular weight excluding hydrogens is 438 g/mol. The standard InChI is InChI=1S/C30H51NO4/c1-5-6-7-8-9-10-11-12-13-14-15-16-17-18-19-20-21-34-25-28(24-32)35-27-22-26(2)30(31-3)29(23-27)33-4/h22-23,28,32H,5-21,24-25H2,1-2,4H3/t28-/m0/s1. The zero-order chi connectivity index (χ0) is 25.6. The van der Waals surface area contributed by atoms with Crippen LogP contribution in [0.2, 0.25) is 0 Å². The van der Waals surface area contributed by atoms with E-state index in [2.05, 4.69) is 11.8 Å². The fraction of sp³-hybridized carbons (Fsp3) is 0.767. The number of hydrogen-bond donors (Lipinski definition) is 1. The molecule has 0 radical (unpaired) electrons. The van der Waals surface area contributed by atoms with Crippen LogP contribution < -0.4 is 9.47 Å². The van der Waals surface area contributed by atoms with Gasteiger partial charge in [-0.05, 0) is 25.0 Å². The lowest BCUT2D eigenvalue weighted by molar-refractivity contribution is 0.0188. The number of aliphatic hydroxyl groups is 1. The van der Waals surface area contributed by atoms with E-state index in [-0.39, 0.29) is 6.61 Å². The highest BCUT2D eigenvalue weighted by molar-refractivity contribution is 5.65. The molecule has 0 amide bonds. The van der Waals surface area contributed by atoms with E-state index in [1.807, 2.05) is 6.92 Å². The lowest BCUT2D eigenvalue weighted by Gasteiger charge is -2.18. The second kappa shape index (κ2) is 21.5. The average molecular weight is 490 g/mol. The van der Waals surface area contributed by atoms with Gasteiger partial charge in [0.25, 0.3) is 0 Å². The van der Waals surface area contributed by atoms with Crippen LogP contribution in [0, 0.1) is 13.5 Å². The molecule has 1 aromatic carbocycles. The van der Waals surface area contributed by atoms with Crippen LogP contribution in [0.4, 0.5) is 5.69 Å². The Bertz CT molecular complexity index is 686. The summed E-state index contributed by atoms with van der Waals surface area (Å²) in [6.45, 7) is 12.3. The summed E-state index contributed by atoms with van der Waals surface area (Å²) in [5.41, 5.74) is 1.28. The summed E-state index contributed by atoms with van der Waals surface area (Å²) in [4.78, 5) is 3.51. The van der Waals surface area contributed by atoms with Crippen LogP contribution >= 0.6 is 0 Å². The molecule has 0 saturated heterocycles. The molecule has 0 unspecified atom stereocenters. The first-order chi connectivity index (χ1) is 17.2. The number of hydrogen-bond acceptors (Lipinski definition) is 4. The zero-order valence-electron chi connectivity index (χ0n) is 22.8. The Balaban J connectivity index is 1.99. The van der Waals surface area contributed by atoms with Crippen LogP contribution in [0.3, 0.4) is 0 Å². The summed E-state index contributed by atoms with van der Waals surface area (Å²) in [5, 5.41) is 9.64. The maximum atomic E-state index is 9.64. The Morgan fingerprint density at radius 1 is 0.829 bits per heavy atom. The molecule has 1 N–H and O–H groups in total. The molecule has 1 aromatic rings. The molecule has 0 aliphatic carbocycles. The molecule has 5 nitrogen and oxygen atoms in total. The highest BCUT2D eigenvalue weighted by Gasteiger charge is 2.14. The van der Waals surface area contributed by atoms with Crippen molar-refractivity contribution >= 4 is 5.69 Å². The molecule has 0 fully saturated rings. The maximum absolute atomic E-state index is 9.64.